The second-order valence-corrected chi connectivity index (χ2v) is 6.07. The summed E-state index contributed by atoms with van der Waals surface area (Å²) in [6.45, 7) is 2.35. The van der Waals surface area contributed by atoms with Gasteiger partial charge in [0.2, 0.25) is 0 Å². The van der Waals surface area contributed by atoms with Gasteiger partial charge in [-0.1, -0.05) is 11.6 Å². The molecule has 1 aromatic heterocycles. The van der Waals surface area contributed by atoms with E-state index in [1.807, 2.05) is 0 Å². The van der Waals surface area contributed by atoms with Crippen molar-refractivity contribution in [3.63, 3.8) is 0 Å². The number of hydrogen-bond donors (Lipinski definition) is 1. The van der Waals surface area contributed by atoms with E-state index in [1.54, 1.807) is 33.2 Å². The number of nitrogens with zero attached hydrogens (tertiary/aromatic N) is 1. The van der Waals surface area contributed by atoms with Gasteiger partial charge in [0.05, 0.1) is 18.7 Å². The Bertz CT molecular complexity index is 801. The Balaban J connectivity index is 2.18. The van der Waals surface area contributed by atoms with Crippen molar-refractivity contribution in [3.8, 4) is 5.75 Å². The van der Waals surface area contributed by atoms with Gasteiger partial charge in [0.25, 0.3) is 5.91 Å². The summed E-state index contributed by atoms with van der Waals surface area (Å²) in [4.78, 5) is 25.3. The zero-order chi connectivity index (χ0) is 19.3. The average Bonchev–Trinajstić information content (AvgIpc) is 2.96. The summed E-state index contributed by atoms with van der Waals surface area (Å²) in [5.74, 6) is -0.342. The van der Waals surface area contributed by atoms with Crippen LogP contribution in [0.3, 0.4) is 0 Å². The molecule has 0 bridgehead atoms. The number of benzene rings is 1. The first kappa shape index (κ1) is 19.8. The van der Waals surface area contributed by atoms with Crippen LogP contribution in [0, 0.1) is 6.92 Å². The molecule has 0 fully saturated rings. The zero-order valence-corrected chi connectivity index (χ0v) is 15.5. The van der Waals surface area contributed by atoms with Crippen LogP contribution >= 0.6 is 11.6 Å². The molecule has 2 aromatic rings. The zero-order valence-electron chi connectivity index (χ0n) is 14.7. The highest BCUT2D eigenvalue weighted by Crippen LogP contribution is 2.25. The molecule has 0 radical (unpaired) electrons. The van der Waals surface area contributed by atoms with Crippen LogP contribution in [-0.2, 0) is 11.3 Å². The molecule has 0 aliphatic heterocycles. The number of carboxylic acids is 1. The SMILES string of the molecule is COCCOc1ccc(Cl)cc1C(=O)N(C)Cc1cc(C(=O)O)c(C)o1. The summed E-state index contributed by atoms with van der Waals surface area (Å²) in [6.07, 6.45) is 0. The number of carboxylic acid groups (broad SMARTS) is 1. The van der Waals surface area contributed by atoms with Gasteiger partial charge >= 0.3 is 5.97 Å². The summed E-state index contributed by atoms with van der Waals surface area (Å²) in [7, 11) is 3.14. The standard InChI is InChI=1S/C18H20ClNO6/c1-11-14(18(22)23)9-13(26-11)10-20(2)17(21)15-8-12(19)4-5-16(15)25-7-6-24-3/h4-5,8-9H,6-7,10H2,1-3H3,(H,22,23). The van der Waals surface area contributed by atoms with Gasteiger partial charge in [0, 0.05) is 19.2 Å². The third-order valence-electron chi connectivity index (χ3n) is 3.66. The van der Waals surface area contributed by atoms with Crippen LogP contribution in [-0.4, -0.2) is 49.3 Å². The number of ether oxygens (including phenoxy) is 2. The van der Waals surface area contributed by atoms with E-state index in [4.69, 9.17) is 30.6 Å². The highest BCUT2D eigenvalue weighted by Gasteiger charge is 2.20. The minimum atomic E-state index is -1.07. The molecule has 2 rings (SSSR count). The van der Waals surface area contributed by atoms with Crippen molar-refractivity contribution in [2.45, 2.75) is 13.5 Å². The molecule has 8 heteroatoms. The number of aryl methyl sites for hydroxylation is 1. The molecule has 0 saturated heterocycles. The van der Waals surface area contributed by atoms with Gasteiger partial charge < -0.3 is 23.9 Å². The Hall–Kier alpha value is -2.51. The van der Waals surface area contributed by atoms with Crippen molar-refractivity contribution in [3.05, 3.63) is 51.9 Å². The van der Waals surface area contributed by atoms with Crippen LogP contribution in [0.15, 0.2) is 28.7 Å². The molecule has 0 spiro atoms. The number of halogens is 1. The van der Waals surface area contributed by atoms with Crippen molar-refractivity contribution in [2.75, 3.05) is 27.4 Å². The molecule has 1 heterocycles. The number of hydrogen-bond acceptors (Lipinski definition) is 5. The first-order valence-electron chi connectivity index (χ1n) is 7.82. The van der Waals surface area contributed by atoms with Gasteiger partial charge in [0.15, 0.2) is 0 Å². The third-order valence-corrected chi connectivity index (χ3v) is 3.89. The van der Waals surface area contributed by atoms with E-state index in [9.17, 15) is 9.59 Å². The van der Waals surface area contributed by atoms with Gasteiger partial charge in [-0.25, -0.2) is 4.79 Å². The van der Waals surface area contributed by atoms with Gasteiger partial charge in [-0.3, -0.25) is 4.79 Å². The van der Waals surface area contributed by atoms with Crippen molar-refractivity contribution in [1.82, 2.24) is 4.90 Å². The summed E-state index contributed by atoms with van der Waals surface area (Å²) in [6, 6.07) is 6.20. The van der Waals surface area contributed by atoms with Crippen LogP contribution in [0.2, 0.25) is 5.02 Å². The van der Waals surface area contributed by atoms with E-state index >= 15 is 0 Å². The molecule has 1 aromatic carbocycles. The predicted octanol–water partition coefficient (Wildman–Crippen LogP) is 3.24. The van der Waals surface area contributed by atoms with Crippen molar-refractivity contribution >= 4 is 23.5 Å². The van der Waals surface area contributed by atoms with Crippen LogP contribution in [0.25, 0.3) is 0 Å². The predicted molar refractivity (Wildman–Crippen MR) is 95.0 cm³/mol. The second-order valence-electron chi connectivity index (χ2n) is 5.63. The number of methoxy groups -OCH3 is 1. The summed E-state index contributed by atoms with van der Waals surface area (Å²) >= 11 is 6.01. The maximum Gasteiger partial charge on any atom is 0.339 e. The number of furan rings is 1. The van der Waals surface area contributed by atoms with Crippen LogP contribution in [0.1, 0.15) is 32.2 Å². The Morgan fingerprint density at radius 1 is 1.23 bits per heavy atom. The normalized spacial score (nSPS) is 10.6. The van der Waals surface area contributed by atoms with E-state index in [2.05, 4.69) is 0 Å². The lowest BCUT2D eigenvalue weighted by molar-refractivity contribution is 0.0694. The molecule has 7 nitrogen and oxygen atoms in total. The fourth-order valence-electron chi connectivity index (χ4n) is 2.38. The molecular weight excluding hydrogens is 362 g/mol. The van der Waals surface area contributed by atoms with Crippen molar-refractivity contribution < 1.29 is 28.6 Å². The molecule has 0 aliphatic rings. The highest BCUT2D eigenvalue weighted by molar-refractivity contribution is 6.31. The molecule has 26 heavy (non-hydrogen) atoms. The average molecular weight is 382 g/mol. The monoisotopic (exact) mass is 381 g/mol. The Labute approximate surface area is 156 Å². The summed E-state index contributed by atoms with van der Waals surface area (Å²) in [5, 5.41) is 9.49. The fraction of sp³-hybridized carbons (Fsp3) is 0.333. The molecular formula is C18H20ClNO6. The van der Waals surface area contributed by atoms with E-state index in [0.29, 0.717) is 41.1 Å². The second kappa shape index (κ2) is 8.73. The number of carbonyl (C=O) groups is 2. The number of aromatic carboxylic acids is 1. The van der Waals surface area contributed by atoms with Crippen molar-refractivity contribution in [1.29, 1.82) is 0 Å². The maximum atomic E-state index is 12.8. The van der Waals surface area contributed by atoms with E-state index < -0.39 is 5.97 Å². The highest BCUT2D eigenvalue weighted by atomic mass is 35.5. The lowest BCUT2D eigenvalue weighted by atomic mass is 10.1. The van der Waals surface area contributed by atoms with Crippen LogP contribution < -0.4 is 4.74 Å². The van der Waals surface area contributed by atoms with Crippen LogP contribution in [0.5, 0.6) is 5.75 Å². The Kier molecular flexibility index (Phi) is 6.65. The molecule has 0 unspecified atom stereocenters. The number of rotatable bonds is 8. The van der Waals surface area contributed by atoms with Crippen LogP contribution in [0.4, 0.5) is 0 Å². The molecule has 140 valence electrons. The van der Waals surface area contributed by atoms with E-state index in [-0.39, 0.29) is 18.0 Å². The smallest absolute Gasteiger partial charge is 0.339 e. The molecule has 1 amide bonds. The topological polar surface area (TPSA) is 89.2 Å². The van der Waals surface area contributed by atoms with E-state index in [0.717, 1.165) is 0 Å². The Morgan fingerprint density at radius 3 is 2.58 bits per heavy atom. The summed E-state index contributed by atoms with van der Waals surface area (Å²) < 4.78 is 15.9. The third kappa shape index (κ3) is 4.77. The quantitative estimate of drug-likeness (QED) is 0.706. The molecule has 0 aliphatic carbocycles. The number of carbonyl (C=O) groups excluding carboxylic acids is 1. The first-order valence-corrected chi connectivity index (χ1v) is 8.20. The van der Waals surface area contributed by atoms with Crippen molar-refractivity contribution in [2.24, 2.45) is 0 Å². The minimum Gasteiger partial charge on any atom is -0.490 e. The van der Waals surface area contributed by atoms with Gasteiger partial charge in [-0.05, 0) is 31.2 Å². The Morgan fingerprint density at radius 2 is 1.96 bits per heavy atom. The molecule has 0 atom stereocenters. The summed E-state index contributed by atoms with van der Waals surface area (Å²) in [5.41, 5.74) is 0.380. The van der Waals surface area contributed by atoms with E-state index in [1.165, 1.54) is 17.0 Å². The lowest BCUT2D eigenvalue weighted by Gasteiger charge is -2.18. The first-order chi connectivity index (χ1) is 12.3. The fourth-order valence-corrected chi connectivity index (χ4v) is 2.55. The lowest BCUT2D eigenvalue weighted by Crippen LogP contribution is -2.26. The molecule has 1 N–H and O–H groups in total. The van der Waals surface area contributed by atoms with Gasteiger partial charge in [-0.15, -0.1) is 0 Å². The van der Waals surface area contributed by atoms with Gasteiger partial charge in [-0.2, -0.15) is 0 Å². The molecule has 0 saturated carbocycles. The maximum absolute atomic E-state index is 12.8. The number of amides is 1. The minimum absolute atomic E-state index is 0.0761. The van der Waals surface area contributed by atoms with Gasteiger partial charge in [0.1, 0.15) is 29.4 Å². The largest absolute Gasteiger partial charge is 0.490 e.